The smallest absolute Gasteiger partial charge is 0.269 e. The first-order valence-corrected chi connectivity index (χ1v) is 4.71. The average Bonchev–Trinajstić information content (AvgIpc) is 2.27. The number of hydrogen-bond acceptors (Lipinski definition) is 3. The van der Waals surface area contributed by atoms with Crippen LogP contribution in [-0.4, -0.2) is 24.0 Å². The van der Waals surface area contributed by atoms with Crippen LogP contribution in [0.2, 0.25) is 0 Å². The normalized spacial score (nSPS) is 8.93. The molecule has 0 aliphatic heterocycles. The molecule has 0 fully saturated rings. The molecule has 1 amide bonds. The molecule has 1 aromatic heterocycles. The maximum atomic E-state index is 11.3. The summed E-state index contributed by atoms with van der Waals surface area (Å²) < 4.78 is 0. The van der Waals surface area contributed by atoms with Gasteiger partial charge in [-0.15, -0.1) is 0 Å². The second kappa shape index (κ2) is 5.78. The summed E-state index contributed by atoms with van der Waals surface area (Å²) in [7, 11) is 0. The minimum Gasteiger partial charge on any atom is -0.351 e. The molecule has 1 heterocycles. The maximum Gasteiger partial charge on any atom is 0.269 e. The maximum absolute atomic E-state index is 11.3. The van der Waals surface area contributed by atoms with Gasteiger partial charge in [0.25, 0.3) is 5.91 Å². The molecule has 78 valence electrons. The lowest BCUT2D eigenvalue weighted by Gasteiger charge is -2.00. The first-order valence-electron chi connectivity index (χ1n) is 4.71. The van der Waals surface area contributed by atoms with Gasteiger partial charge in [-0.1, -0.05) is 11.8 Å². The molecule has 0 saturated carbocycles. The highest BCUT2D eigenvalue weighted by atomic mass is 16.1. The third kappa shape index (κ3) is 3.41. The van der Waals surface area contributed by atoms with Crippen molar-refractivity contribution in [2.24, 2.45) is 5.73 Å². The van der Waals surface area contributed by atoms with Crippen LogP contribution in [0.1, 0.15) is 23.0 Å². The summed E-state index contributed by atoms with van der Waals surface area (Å²) in [5.74, 6) is 5.38. The highest BCUT2D eigenvalue weighted by Crippen LogP contribution is 1.98. The Kier molecular flexibility index (Phi) is 4.32. The number of nitrogens with two attached hydrogens (primary N) is 1. The van der Waals surface area contributed by atoms with Crippen LogP contribution in [0, 0.1) is 11.8 Å². The Morgan fingerprint density at radius 2 is 2.40 bits per heavy atom. The topological polar surface area (TPSA) is 68.0 Å². The molecule has 0 atom stereocenters. The number of amides is 1. The number of rotatable bonds is 2. The number of nitrogens with zero attached hydrogens (tertiary/aromatic N) is 1. The number of aromatic nitrogens is 1. The van der Waals surface area contributed by atoms with Crippen molar-refractivity contribution in [2.75, 3.05) is 13.1 Å². The number of hydrogen-bond donors (Lipinski definition) is 2. The first-order chi connectivity index (χ1) is 7.27. The van der Waals surface area contributed by atoms with E-state index in [1.165, 1.54) is 0 Å². The first kappa shape index (κ1) is 11.2. The SMILES string of the molecule is CCNC(=O)c1ccc(C#CCN)cn1. The van der Waals surface area contributed by atoms with E-state index in [0.717, 1.165) is 5.56 Å². The summed E-state index contributed by atoms with van der Waals surface area (Å²) in [5, 5.41) is 2.67. The predicted octanol–water partition coefficient (Wildman–Crippen LogP) is 0.142. The Morgan fingerprint density at radius 3 is 2.93 bits per heavy atom. The highest BCUT2D eigenvalue weighted by molar-refractivity contribution is 5.92. The van der Waals surface area contributed by atoms with E-state index in [1.54, 1.807) is 18.3 Å². The van der Waals surface area contributed by atoms with Crippen molar-refractivity contribution in [3.05, 3.63) is 29.6 Å². The van der Waals surface area contributed by atoms with Crippen molar-refractivity contribution >= 4 is 5.91 Å². The fourth-order valence-corrected chi connectivity index (χ4v) is 1.01. The zero-order valence-electron chi connectivity index (χ0n) is 8.58. The van der Waals surface area contributed by atoms with Crippen LogP contribution < -0.4 is 11.1 Å². The quantitative estimate of drug-likeness (QED) is 0.672. The van der Waals surface area contributed by atoms with Gasteiger partial charge in [0, 0.05) is 18.3 Å². The molecule has 3 N–H and O–H groups in total. The second-order valence-electron chi connectivity index (χ2n) is 2.80. The Labute approximate surface area is 88.9 Å². The summed E-state index contributed by atoms with van der Waals surface area (Å²) in [6, 6.07) is 3.39. The third-order valence-electron chi connectivity index (χ3n) is 1.67. The molecule has 0 spiro atoms. The number of carbonyl (C=O) groups is 1. The molecular weight excluding hydrogens is 190 g/mol. The predicted molar refractivity (Wildman–Crippen MR) is 58.2 cm³/mol. The van der Waals surface area contributed by atoms with Crippen molar-refractivity contribution in [1.29, 1.82) is 0 Å². The largest absolute Gasteiger partial charge is 0.351 e. The fourth-order valence-electron chi connectivity index (χ4n) is 1.01. The minimum absolute atomic E-state index is 0.171. The van der Waals surface area contributed by atoms with Gasteiger partial charge in [-0.05, 0) is 19.1 Å². The van der Waals surface area contributed by atoms with Crippen molar-refractivity contribution in [1.82, 2.24) is 10.3 Å². The summed E-state index contributed by atoms with van der Waals surface area (Å²) >= 11 is 0. The fraction of sp³-hybridized carbons (Fsp3) is 0.273. The molecule has 4 heteroatoms. The monoisotopic (exact) mass is 203 g/mol. The molecule has 0 bridgehead atoms. The van der Waals surface area contributed by atoms with Gasteiger partial charge in [0.2, 0.25) is 0 Å². The van der Waals surface area contributed by atoms with Gasteiger partial charge in [-0.3, -0.25) is 4.79 Å². The van der Waals surface area contributed by atoms with Crippen molar-refractivity contribution in [3.8, 4) is 11.8 Å². The molecule has 0 aromatic carbocycles. The summed E-state index contributed by atoms with van der Waals surface area (Å²) in [5.41, 5.74) is 6.39. The van der Waals surface area contributed by atoms with Crippen LogP contribution in [0.5, 0.6) is 0 Å². The van der Waals surface area contributed by atoms with Crippen LogP contribution in [-0.2, 0) is 0 Å². The van der Waals surface area contributed by atoms with E-state index in [1.807, 2.05) is 6.92 Å². The Bertz CT molecular complexity index is 387. The number of carbonyl (C=O) groups excluding carboxylic acids is 1. The third-order valence-corrected chi connectivity index (χ3v) is 1.67. The van der Waals surface area contributed by atoms with E-state index in [4.69, 9.17) is 5.73 Å². The van der Waals surface area contributed by atoms with Crippen LogP contribution >= 0.6 is 0 Å². The lowest BCUT2D eigenvalue weighted by molar-refractivity contribution is 0.0951. The van der Waals surface area contributed by atoms with Crippen LogP contribution in [0.4, 0.5) is 0 Å². The molecule has 0 saturated heterocycles. The summed E-state index contributed by atoms with van der Waals surface area (Å²) in [6.45, 7) is 2.77. The molecule has 0 aliphatic rings. The van der Waals surface area contributed by atoms with Gasteiger partial charge in [0.1, 0.15) is 5.69 Å². The van der Waals surface area contributed by atoms with Gasteiger partial charge in [0.05, 0.1) is 6.54 Å². The van der Waals surface area contributed by atoms with Gasteiger partial charge < -0.3 is 11.1 Å². The molecule has 0 unspecified atom stereocenters. The zero-order chi connectivity index (χ0) is 11.1. The van der Waals surface area contributed by atoms with Gasteiger partial charge >= 0.3 is 0 Å². The lowest BCUT2D eigenvalue weighted by Crippen LogP contribution is -2.23. The van der Waals surface area contributed by atoms with Gasteiger partial charge in [-0.25, -0.2) is 4.98 Å². The number of pyridine rings is 1. The molecule has 1 aromatic rings. The van der Waals surface area contributed by atoms with Crippen LogP contribution in [0.15, 0.2) is 18.3 Å². The molecule has 0 aliphatic carbocycles. The second-order valence-corrected chi connectivity index (χ2v) is 2.80. The van der Waals surface area contributed by atoms with Crippen LogP contribution in [0.25, 0.3) is 0 Å². The highest BCUT2D eigenvalue weighted by Gasteiger charge is 2.03. The molecule has 15 heavy (non-hydrogen) atoms. The van der Waals surface area contributed by atoms with E-state index < -0.39 is 0 Å². The zero-order valence-corrected chi connectivity index (χ0v) is 8.58. The Balaban J connectivity index is 2.76. The van der Waals surface area contributed by atoms with Gasteiger partial charge in [-0.2, -0.15) is 0 Å². The average molecular weight is 203 g/mol. The minimum atomic E-state index is -0.171. The van der Waals surface area contributed by atoms with E-state index >= 15 is 0 Å². The molecule has 4 nitrogen and oxygen atoms in total. The standard InChI is InChI=1S/C11H13N3O/c1-2-13-11(15)10-6-5-9(8-14-10)4-3-7-12/h5-6,8H,2,7,12H2,1H3,(H,13,15). The summed E-state index contributed by atoms with van der Waals surface area (Å²) in [4.78, 5) is 15.3. The molecule has 1 rings (SSSR count). The Morgan fingerprint density at radius 1 is 1.60 bits per heavy atom. The molecular formula is C11H13N3O. The van der Waals surface area contributed by atoms with E-state index in [2.05, 4.69) is 22.1 Å². The lowest BCUT2D eigenvalue weighted by atomic mass is 10.2. The van der Waals surface area contributed by atoms with Crippen LogP contribution in [0.3, 0.4) is 0 Å². The number of nitrogens with one attached hydrogen (secondary N) is 1. The van der Waals surface area contributed by atoms with E-state index in [9.17, 15) is 4.79 Å². The van der Waals surface area contributed by atoms with Crippen molar-refractivity contribution in [2.45, 2.75) is 6.92 Å². The van der Waals surface area contributed by atoms with Crippen molar-refractivity contribution in [3.63, 3.8) is 0 Å². The Hall–Kier alpha value is -1.86. The molecule has 0 radical (unpaired) electrons. The van der Waals surface area contributed by atoms with E-state index in [0.29, 0.717) is 18.8 Å². The van der Waals surface area contributed by atoms with Gasteiger partial charge in [0.15, 0.2) is 0 Å². The summed E-state index contributed by atoms with van der Waals surface area (Å²) in [6.07, 6.45) is 1.56. The van der Waals surface area contributed by atoms with Crippen molar-refractivity contribution < 1.29 is 4.79 Å². The van der Waals surface area contributed by atoms with E-state index in [-0.39, 0.29) is 5.91 Å².